The molecule has 0 aromatic heterocycles. The lowest BCUT2D eigenvalue weighted by atomic mass is 10.1. The number of aryl methyl sites for hydroxylation is 1. The molecule has 6 heteroatoms. The number of rotatable bonds is 4. The van der Waals surface area contributed by atoms with Crippen LogP contribution in [-0.2, 0) is 10.0 Å². The zero-order chi connectivity index (χ0) is 14.8. The summed E-state index contributed by atoms with van der Waals surface area (Å²) in [4.78, 5) is 0.197. The molecular formula is C14H18N2O2S2. The van der Waals surface area contributed by atoms with Gasteiger partial charge in [-0.3, -0.25) is 0 Å². The largest absolute Gasteiger partial charge is 0.240 e. The molecule has 4 nitrogen and oxygen atoms in total. The number of sulfonamides is 1. The highest BCUT2D eigenvalue weighted by Gasteiger charge is 2.31. The third-order valence-corrected chi connectivity index (χ3v) is 6.62. The van der Waals surface area contributed by atoms with E-state index < -0.39 is 10.0 Å². The van der Waals surface area contributed by atoms with Crippen LogP contribution in [0.1, 0.15) is 30.9 Å². The first-order valence-corrected chi connectivity index (χ1v) is 8.98. The number of thioether (sulfide) groups is 1. The molecule has 0 amide bonds. The molecule has 0 aliphatic carbocycles. The van der Waals surface area contributed by atoms with E-state index in [0.717, 1.165) is 18.6 Å². The van der Waals surface area contributed by atoms with Crippen molar-refractivity contribution in [1.29, 1.82) is 5.26 Å². The molecule has 1 N–H and O–H groups in total. The lowest BCUT2D eigenvalue weighted by Crippen LogP contribution is -2.37. The topological polar surface area (TPSA) is 70.0 Å². The summed E-state index contributed by atoms with van der Waals surface area (Å²) in [5, 5.41) is 8.89. The molecule has 1 aromatic carbocycles. The number of hydrogen-bond donors (Lipinski definition) is 1. The fraction of sp³-hybridized carbons (Fsp3) is 0.500. The Morgan fingerprint density at radius 3 is 2.85 bits per heavy atom. The number of nitrogens with zero attached hydrogens (tertiary/aromatic N) is 1. The van der Waals surface area contributed by atoms with E-state index in [2.05, 4.69) is 11.6 Å². The number of benzene rings is 1. The van der Waals surface area contributed by atoms with Crippen LogP contribution in [-0.4, -0.2) is 25.5 Å². The van der Waals surface area contributed by atoms with Gasteiger partial charge in [-0.25, -0.2) is 13.1 Å². The van der Waals surface area contributed by atoms with Crippen molar-refractivity contribution >= 4 is 21.8 Å². The number of nitrogens with one attached hydrogen (secondary N) is 1. The molecule has 1 aliphatic rings. The van der Waals surface area contributed by atoms with E-state index in [1.54, 1.807) is 19.1 Å². The fourth-order valence-corrected chi connectivity index (χ4v) is 5.03. The SMILES string of the molecule is Cc1ccc(C#N)cc1S(=O)(=O)NCC1(C)CCCS1. The Kier molecular flexibility index (Phi) is 4.43. The predicted octanol–water partition coefficient (Wildman–Crippen LogP) is 2.43. The van der Waals surface area contributed by atoms with Gasteiger partial charge >= 0.3 is 0 Å². The third kappa shape index (κ3) is 3.35. The van der Waals surface area contributed by atoms with Crippen LogP contribution in [0.5, 0.6) is 0 Å². The van der Waals surface area contributed by atoms with Gasteiger partial charge in [-0.15, -0.1) is 0 Å². The summed E-state index contributed by atoms with van der Waals surface area (Å²) in [5.74, 6) is 1.08. The third-order valence-electron chi connectivity index (χ3n) is 3.54. The van der Waals surface area contributed by atoms with Crippen LogP contribution >= 0.6 is 11.8 Å². The van der Waals surface area contributed by atoms with Crippen molar-refractivity contribution in [3.63, 3.8) is 0 Å². The van der Waals surface area contributed by atoms with Crippen molar-refractivity contribution in [3.8, 4) is 6.07 Å². The van der Waals surface area contributed by atoms with Gasteiger partial charge in [0.2, 0.25) is 10.0 Å². The monoisotopic (exact) mass is 310 g/mol. The van der Waals surface area contributed by atoms with E-state index in [1.807, 2.05) is 17.8 Å². The van der Waals surface area contributed by atoms with Crippen molar-refractivity contribution in [3.05, 3.63) is 29.3 Å². The van der Waals surface area contributed by atoms with Crippen LogP contribution < -0.4 is 4.72 Å². The van der Waals surface area contributed by atoms with Gasteiger partial charge in [0.15, 0.2) is 0 Å². The highest BCUT2D eigenvalue weighted by molar-refractivity contribution is 8.01. The van der Waals surface area contributed by atoms with Gasteiger partial charge in [-0.1, -0.05) is 6.07 Å². The number of hydrogen-bond acceptors (Lipinski definition) is 4. The second kappa shape index (κ2) is 5.76. The average molecular weight is 310 g/mol. The van der Waals surface area contributed by atoms with Gasteiger partial charge in [0.05, 0.1) is 16.5 Å². The smallest absolute Gasteiger partial charge is 0.210 e. The number of nitriles is 1. The Hall–Kier alpha value is -1.03. The van der Waals surface area contributed by atoms with Crippen LogP contribution in [0.15, 0.2) is 23.1 Å². The van der Waals surface area contributed by atoms with E-state index in [0.29, 0.717) is 17.7 Å². The van der Waals surface area contributed by atoms with Gasteiger partial charge < -0.3 is 0 Å². The highest BCUT2D eigenvalue weighted by atomic mass is 32.2. The summed E-state index contributed by atoms with van der Waals surface area (Å²) >= 11 is 1.81. The molecule has 1 fully saturated rings. The predicted molar refractivity (Wildman–Crippen MR) is 81.2 cm³/mol. The van der Waals surface area contributed by atoms with E-state index in [-0.39, 0.29) is 9.64 Å². The van der Waals surface area contributed by atoms with Crippen molar-refractivity contribution in [2.45, 2.75) is 36.3 Å². The Bertz CT molecular complexity index is 642. The molecule has 0 spiro atoms. The second-order valence-corrected chi connectivity index (χ2v) is 8.74. The lowest BCUT2D eigenvalue weighted by molar-refractivity contribution is 0.552. The molecule has 0 saturated carbocycles. The van der Waals surface area contributed by atoms with E-state index in [4.69, 9.17) is 5.26 Å². The van der Waals surface area contributed by atoms with Crippen LogP contribution in [0.25, 0.3) is 0 Å². The van der Waals surface area contributed by atoms with Crippen molar-refractivity contribution in [2.75, 3.05) is 12.3 Å². The van der Waals surface area contributed by atoms with Gasteiger partial charge in [-0.05, 0) is 50.1 Å². The van der Waals surface area contributed by atoms with Crippen molar-refractivity contribution < 1.29 is 8.42 Å². The van der Waals surface area contributed by atoms with E-state index in [1.165, 1.54) is 6.07 Å². The average Bonchev–Trinajstić information content (AvgIpc) is 2.85. The van der Waals surface area contributed by atoms with Crippen LogP contribution in [0.3, 0.4) is 0 Å². The normalized spacial score (nSPS) is 22.6. The quantitative estimate of drug-likeness (QED) is 0.927. The Labute approximate surface area is 124 Å². The molecular weight excluding hydrogens is 292 g/mol. The van der Waals surface area contributed by atoms with Crippen molar-refractivity contribution in [2.24, 2.45) is 0 Å². The Morgan fingerprint density at radius 2 is 2.25 bits per heavy atom. The summed E-state index contributed by atoms with van der Waals surface area (Å²) in [6, 6.07) is 6.70. The van der Waals surface area contributed by atoms with Gasteiger partial charge in [0, 0.05) is 11.3 Å². The van der Waals surface area contributed by atoms with Gasteiger partial charge in [0.1, 0.15) is 0 Å². The standard InChI is InChI=1S/C14H18N2O2S2/c1-11-4-5-12(9-15)8-13(11)20(17,18)16-10-14(2)6-3-7-19-14/h4-5,8,16H,3,6-7,10H2,1-2H3. The van der Waals surface area contributed by atoms with E-state index in [9.17, 15) is 8.42 Å². The summed E-state index contributed by atoms with van der Waals surface area (Å²) in [6.07, 6.45) is 2.16. The maximum Gasteiger partial charge on any atom is 0.240 e. The summed E-state index contributed by atoms with van der Waals surface area (Å²) < 4.78 is 27.5. The Balaban J connectivity index is 2.20. The molecule has 108 valence electrons. The molecule has 1 saturated heterocycles. The Morgan fingerprint density at radius 1 is 1.50 bits per heavy atom. The molecule has 1 aliphatic heterocycles. The molecule has 2 rings (SSSR count). The van der Waals surface area contributed by atoms with Crippen LogP contribution in [0.4, 0.5) is 0 Å². The molecule has 1 heterocycles. The first-order chi connectivity index (χ1) is 9.36. The highest BCUT2D eigenvalue weighted by Crippen LogP contribution is 2.37. The van der Waals surface area contributed by atoms with Gasteiger partial charge in [-0.2, -0.15) is 17.0 Å². The molecule has 0 radical (unpaired) electrons. The minimum Gasteiger partial charge on any atom is -0.210 e. The summed E-state index contributed by atoms with van der Waals surface area (Å²) in [7, 11) is -3.56. The maximum absolute atomic E-state index is 12.4. The molecule has 20 heavy (non-hydrogen) atoms. The zero-order valence-corrected chi connectivity index (χ0v) is 13.3. The summed E-state index contributed by atoms with van der Waals surface area (Å²) in [5.41, 5.74) is 1.01. The van der Waals surface area contributed by atoms with Crippen LogP contribution in [0, 0.1) is 18.3 Å². The van der Waals surface area contributed by atoms with Crippen molar-refractivity contribution in [1.82, 2.24) is 4.72 Å². The molecule has 1 atom stereocenters. The lowest BCUT2D eigenvalue weighted by Gasteiger charge is -2.23. The molecule has 1 aromatic rings. The molecule has 0 bridgehead atoms. The maximum atomic E-state index is 12.4. The minimum atomic E-state index is -3.56. The van der Waals surface area contributed by atoms with E-state index >= 15 is 0 Å². The first-order valence-electron chi connectivity index (χ1n) is 6.51. The second-order valence-electron chi connectivity index (χ2n) is 5.32. The first kappa shape index (κ1) is 15.4. The fourth-order valence-electron chi connectivity index (χ4n) is 2.26. The minimum absolute atomic E-state index is 0.0200. The van der Waals surface area contributed by atoms with Gasteiger partial charge in [0.25, 0.3) is 0 Å². The summed E-state index contributed by atoms with van der Waals surface area (Å²) in [6.45, 7) is 4.25. The zero-order valence-electron chi connectivity index (χ0n) is 11.6. The van der Waals surface area contributed by atoms with Crippen LogP contribution in [0.2, 0.25) is 0 Å². The molecule has 1 unspecified atom stereocenters.